The summed E-state index contributed by atoms with van der Waals surface area (Å²) in [6, 6.07) is 6.18. The van der Waals surface area contributed by atoms with E-state index in [1.54, 1.807) is 0 Å². The predicted molar refractivity (Wildman–Crippen MR) is 79.5 cm³/mol. The molecule has 4 heteroatoms. The van der Waals surface area contributed by atoms with Gasteiger partial charge in [0.25, 0.3) is 0 Å². The van der Waals surface area contributed by atoms with Crippen molar-refractivity contribution in [1.29, 1.82) is 0 Å². The Hall–Kier alpha value is -0.970. The van der Waals surface area contributed by atoms with Gasteiger partial charge in [-0.05, 0) is 44.0 Å². The molecule has 110 valence electrons. The molecular formula is C16H25N3O. The Morgan fingerprint density at radius 1 is 1.15 bits per heavy atom. The van der Waals surface area contributed by atoms with E-state index in [1.165, 1.54) is 44.7 Å². The molecule has 20 heavy (non-hydrogen) atoms. The predicted octanol–water partition coefficient (Wildman–Crippen LogP) is 1.63. The summed E-state index contributed by atoms with van der Waals surface area (Å²) in [5, 5.41) is 0. The van der Waals surface area contributed by atoms with Crippen LogP contribution in [0.4, 0.5) is 0 Å². The van der Waals surface area contributed by atoms with Gasteiger partial charge in [-0.2, -0.15) is 0 Å². The quantitative estimate of drug-likeness (QED) is 0.835. The average molecular weight is 275 g/mol. The number of hydrogen-bond donors (Lipinski definition) is 0. The summed E-state index contributed by atoms with van der Waals surface area (Å²) in [7, 11) is 0. The van der Waals surface area contributed by atoms with Gasteiger partial charge in [0.15, 0.2) is 0 Å². The van der Waals surface area contributed by atoms with Crippen molar-refractivity contribution in [3.63, 3.8) is 0 Å². The average Bonchev–Trinajstić information content (AvgIpc) is 2.88. The van der Waals surface area contributed by atoms with Gasteiger partial charge in [0, 0.05) is 39.0 Å². The number of hydrogen-bond acceptors (Lipinski definition) is 4. The topological polar surface area (TPSA) is 28.6 Å². The lowest BCUT2D eigenvalue weighted by atomic mass is 10.1. The fourth-order valence-electron chi connectivity index (χ4n) is 3.18. The standard InChI is InChI=1S/C16H25N3O/c1-2-6-17-16(4-1)13-19-8-3-7-18(9-10-19)12-15-5-11-20-14-15/h1-2,4,6,15H,3,5,7-14H2/t15-/m1/s1. The third-order valence-corrected chi connectivity index (χ3v) is 4.33. The van der Waals surface area contributed by atoms with Crippen LogP contribution in [-0.2, 0) is 11.3 Å². The van der Waals surface area contributed by atoms with Gasteiger partial charge in [-0.3, -0.25) is 9.88 Å². The fraction of sp³-hybridized carbons (Fsp3) is 0.688. The van der Waals surface area contributed by atoms with Crippen LogP contribution < -0.4 is 0 Å². The Morgan fingerprint density at radius 2 is 2.05 bits per heavy atom. The summed E-state index contributed by atoms with van der Waals surface area (Å²) in [6.07, 6.45) is 4.40. The minimum Gasteiger partial charge on any atom is -0.381 e. The molecule has 0 unspecified atom stereocenters. The zero-order chi connectivity index (χ0) is 13.6. The summed E-state index contributed by atoms with van der Waals surface area (Å²) >= 11 is 0. The Kier molecular flexibility index (Phi) is 5.01. The van der Waals surface area contributed by atoms with Crippen molar-refractivity contribution in [1.82, 2.24) is 14.8 Å². The molecule has 4 nitrogen and oxygen atoms in total. The summed E-state index contributed by atoms with van der Waals surface area (Å²) in [6.45, 7) is 8.90. The third-order valence-electron chi connectivity index (χ3n) is 4.33. The molecule has 1 aromatic rings. The maximum atomic E-state index is 5.48. The Morgan fingerprint density at radius 3 is 2.85 bits per heavy atom. The van der Waals surface area contributed by atoms with Gasteiger partial charge >= 0.3 is 0 Å². The van der Waals surface area contributed by atoms with E-state index in [2.05, 4.69) is 26.9 Å². The highest BCUT2D eigenvalue weighted by Gasteiger charge is 2.21. The molecule has 3 heterocycles. The normalized spacial score (nSPS) is 25.7. The zero-order valence-corrected chi connectivity index (χ0v) is 12.2. The fourth-order valence-corrected chi connectivity index (χ4v) is 3.18. The van der Waals surface area contributed by atoms with Crippen LogP contribution in [0.1, 0.15) is 18.5 Å². The lowest BCUT2D eigenvalue weighted by Crippen LogP contribution is -2.34. The van der Waals surface area contributed by atoms with Gasteiger partial charge in [0.05, 0.1) is 12.3 Å². The molecule has 0 amide bonds. The van der Waals surface area contributed by atoms with Crippen molar-refractivity contribution in [3.8, 4) is 0 Å². The first-order chi connectivity index (χ1) is 9.90. The maximum Gasteiger partial charge on any atom is 0.0543 e. The van der Waals surface area contributed by atoms with E-state index in [0.717, 1.165) is 32.2 Å². The van der Waals surface area contributed by atoms with Crippen molar-refractivity contribution in [2.24, 2.45) is 5.92 Å². The lowest BCUT2D eigenvalue weighted by molar-refractivity contribution is 0.167. The molecule has 3 rings (SSSR count). The van der Waals surface area contributed by atoms with Crippen molar-refractivity contribution in [2.45, 2.75) is 19.4 Å². The van der Waals surface area contributed by atoms with Crippen molar-refractivity contribution in [2.75, 3.05) is 45.9 Å². The molecule has 0 saturated carbocycles. The molecule has 0 spiro atoms. The second kappa shape index (κ2) is 7.16. The van der Waals surface area contributed by atoms with E-state index in [9.17, 15) is 0 Å². The SMILES string of the molecule is c1ccc(CN2CCCN(C[C@H]3CCOC3)CC2)nc1. The van der Waals surface area contributed by atoms with E-state index >= 15 is 0 Å². The Labute approximate surface area is 121 Å². The molecule has 0 bridgehead atoms. The summed E-state index contributed by atoms with van der Waals surface area (Å²) in [4.78, 5) is 9.59. The molecule has 1 aromatic heterocycles. The Balaban J connectivity index is 1.46. The monoisotopic (exact) mass is 275 g/mol. The largest absolute Gasteiger partial charge is 0.381 e. The van der Waals surface area contributed by atoms with Gasteiger partial charge in [0.1, 0.15) is 0 Å². The molecule has 0 radical (unpaired) electrons. The molecule has 2 fully saturated rings. The second-order valence-corrected chi connectivity index (χ2v) is 5.98. The lowest BCUT2D eigenvalue weighted by Gasteiger charge is -2.23. The minimum absolute atomic E-state index is 0.761. The first-order valence-corrected chi connectivity index (χ1v) is 7.82. The van der Waals surface area contributed by atoms with Crippen molar-refractivity contribution in [3.05, 3.63) is 30.1 Å². The first-order valence-electron chi connectivity index (χ1n) is 7.82. The number of rotatable bonds is 4. The molecule has 2 aliphatic heterocycles. The van der Waals surface area contributed by atoms with Gasteiger partial charge in [-0.15, -0.1) is 0 Å². The van der Waals surface area contributed by atoms with E-state index in [0.29, 0.717) is 0 Å². The van der Waals surface area contributed by atoms with E-state index in [4.69, 9.17) is 4.74 Å². The van der Waals surface area contributed by atoms with Gasteiger partial charge < -0.3 is 9.64 Å². The van der Waals surface area contributed by atoms with Crippen LogP contribution in [0, 0.1) is 5.92 Å². The van der Waals surface area contributed by atoms with Crippen molar-refractivity contribution < 1.29 is 4.74 Å². The zero-order valence-electron chi connectivity index (χ0n) is 12.2. The van der Waals surface area contributed by atoms with Crippen LogP contribution in [-0.4, -0.2) is 60.7 Å². The van der Waals surface area contributed by atoms with E-state index in [-0.39, 0.29) is 0 Å². The van der Waals surface area contributed by atoms with Crippen LogP contribution in [0.25, 0.3) is 0 Å². The van der Waals surface area contributed by atoms with Crippen LogP contribution in [0.15, 0.2) is 24.4 Å². The minimum atomic E-state index is 0.761. The van der Waals surface area contributed by atoms with Crippen LogP contribution >= 0.6 is 0 Å². The molecule has 2 aliphatic rings. The van der Waals surface area contributed by atoms with Gasteiger partial charge in [-0.25, -0.2) is 0 Å². The van der Waals surface area contributed by atoms with Gasteiger partial charge in [0.2, 0.25) is 0 Å². The number of pyridine rings is 1. The molecule has 2 saturated heterocycles. The third kappa shape index (κ3) is 4.01. The highest BCUT2D eigenvalue weighted by molar-refractivity contribution is 5.03. The first kappa shape index (κ1) is 14.0. The van der Waals surface area contributed by atoms with Gasteiger partial charge in [-0.1, -0.05) is 6.07 Å². The number of nitrogens with zero attached hydrogens (tertiary/aromatic N) is 3. The molecule has 0 N–H and O–H groups in total. The highest BCUT2D eigenvalue weighted by atomic mass is 16.5. The van der Waals surface area contributed by atoms with E-state index in [1.807, 2.05) is 12.3 Å². The van der Waals surface area contributed by atoms with Crippen LogP contribution in [0.3, 0.4) is 0 Å². The van der Waals surface area contributed by atoms with Crippen molar-refractivity contribution >= 4 is 0 Å². The van der Waals surface area contributed by atoms with Crippen LogP contribution in [0.5, 0.6) is 0 Å². The maximum absolute atomic E-state index is 5.48. The van der Waals surface area contributed by atoms with Crippen LogP contribution in [0.2, 0.25) is 0 Å². The number of ether oxygens (including phenoxy) is 1. The van der Waals surface area contributed by atoms with E-state index < -0.39 is 0 Å². The summed E-state index contributed by atoms with van der Waals surface area (Å²) < 4.78 is 5.48. The smallest absolute Gasteiger partial charge is 0.0543 e. The molecule has 1 atom stereocenters. The summed E-state index contributed by atoms with van der Waals surface area (Å²) in [5.41, 5.74) is 1.19. The molecular weight excluding hydrogens is 250 g/mol. The summed E-state index contributed by atoms with van der Waals surface area (Å²) in [5.74, 6) is 0.761. The Bertz CT molecular complexity index is 392. The highest BCUT2D eigenvalue weighted by Crippen LogP contribution is 2.15. The number of aromatic nitrogens is 1. The second-order valence-electron chi connectivity index (χ2n) is 5.98. The molecule has 0 aromatic carbocycles. The molecule has 0 aliphatic carbocycles.